The van der Waals surface area contributed by atoms with E-state index in [0.29, 0.717) is 28.5 Å². The molecule has 0 saturated carbocycles. The first-order valence-electron chi connectivity index (χ1n) is 5.69. The summed E-state index contributed by atoms with van der Waals surface area (Å²) in [5.74, 6) is -0.709. The molecule has 20 heavy (non-hydrogen) atoms. The number of carboxylic acids is 1. The van der Waals surface area contributed by atoms with Crippen molar-refractivity contribution in [2.24, 2.45) is 0 Å². The summed E-state index contributed by atoms with van der Waals surface area (Å²) in [6, 6.07) is 3.34. The summed E-state index contributed by atoms with van der Waals surface area (Å²) in [6.45, 7) is 0.399. The molecule has 2 N–H and O–H groups in total. The van der Waals surface area contributed by atoms with Crippen molar-refractivity contribution in [1.29, 1.82) is 0 Å². The second kappa shape index (κ2) is 6.62. The van der Waals surface area contributed by atoms with Gasteiger partial charge in [0.2, 0.25) is 6.39 Å². The first-order valence-corrected chi connectivity index (χ1v) is 6.51. The molecule has 0 radical (unpaired) electrons. The quantitative estimate of drug-likeness (QED) is 0.775. The Hall–Kier alpha value is -2.48. The molecule has 0 aliphatic carbocycles. The molecule has 1 amide bonds. The summed E-state index contributed by atoms with van der Waals surface area (Å²) in [6.07, 6.45) is 4.20. The normalized spacial score (nSPS) is 10.8. The average Bonchev–Trinajstić information content (AvgIpc) is 3.07. The van der Waals surface area contributed by atoms with Gasteiger partial charge in [0, 0.05) is 23.9 Å². The predicted molar refractivity (Wildman–Crippen MR) is 71.3 cm³/mol. The molecule has 0 spiro atoms. The van der Waals surface area contributed by atoms with Crippen LogP contribution < -0.4 is 5.32 Å². The zero-order valence-corrected chi connectivity index (χ0v) is 11.1. The van der Waals surface area contributed by atoms with E-state index in [0.717, 1.165) is 6.08 Å². The van der Waals surface area contributed by atoms with Crippen LogP contribution in [0.25, 0.3) is 6.08 Å². The minimum atomic E-state index is -1.02. The van der Waals surface area contributed by atoms with Crippen LogP contribution in [0.3, 0.4) is 0 Å². The van der Waals surface area contributed by atoms with Gasteiger partial charge < -0.3 is 14.9 Å². The van der Waals surface area contributed by atoms with Gasteiger partial charge in [0.25, 0.3) is 5.91 Å². The van der Waals surface area contributed by atoms with Gasteiger partial charge in [-0.05, 0) is 18.2 Å². The lowest BCUT2D eigenvalue weighted by Crippen LogP contribution is -2.25. The van der Waals surface area contributed by atoms with E-state index in [9.17, 15) is 9.59 Å². The fraction of sp³-hybridized carbons (Fsp3) is 0.167. The number of rotatable bonds is 6. The van der Waals surface area contributed by atoms with E-state index >= 15 is 0 Å². The van der Waals surface area contributed by atoms with Crippen molar-refractivity contribution in [3.8, 4) is 0 Å². The summed E-state index contributed by atoms with van der Waals surface area (Å²) >= 11 is 1.22. The third kappa shape index (κ3) is 4.02. The van der Waals surface area contributed by atoms with Gasteiger partial charge in [0.05, 0.1) is 4.88 Å². The fourth-order valence-corrected chi connectivity index (χ4v) is 2.22. The first-order chi connectivity index (χ1) is 9.65. The molecule has 0 saturated heterocycles. The monoisotopic (exact) mass is 293 g/mol. The van der Waals surface area contributed by atoms with E-state index in [2.05, 4.69) is 20.0 Å². The topological polar surface area (TPSA) is 105 Å². The van der Waals surface area contributed by atoms with Gasteiger partial charge in [-0.25, -0.2) is 4.79 Å². The highest BCUT2D eigenvalue weighted by molar-refractivity contribution is 7.14. The van der Waals surface area contributed by atoms with Crippen LogP contribution in [0.4, 0.5) is 0 Å². The van der Waals surface area contributed by atoms with E-state index in [-0.39, 0.29) is 5.91 Å². The van der Waals surface area contributed by atoms with Crippen LogP contribution in [0.2, 0.25) is 0 Å². The number of carbonyl (C=O) groups is 2. The molecular formula is C12H11N3O4S. The molecule has 2 aromatic rings. The van der Waals surface area contributed by atoms with Crippen molar-refractivity contribution in [2.75, 3.05) is 6.54 Å². The molecule has 0 aliphatic rings. The smallest absolute Gasteiger partial charge is 0.328 e. The number of nitrogens with one attached hydrogen (secondary N) is 1. The number of aromatic nitrogens is 2. The molecule has 0 aromatic carbocycles. The maximum Gasteiger partial charge on any atom is 0.328 e. The second-order valence-corrected chi connectivity index (χ2v) is 4.84. The van der Waals surface area contributed by atoms with Crippen LogP contribution in [0, 0.1) is 0 Å². The molecule has 0 aliphatic heterocycles. The van der Waals surface area contributed by atoms with Gasteiger partial charge in [-0.15, -0.1) is 11.3 Å². The number of hydrogen-bond acceptors (Lipinski definition) is 6. The molecule has 8 heteroatoms. The van der Waals surface area contributed by atoms with Crippen LogP contribution in [0.1, 0.15) is 20.4 Å². The number of amides is 1. The van der Waals surface area contributed by atoms with E-state index in [1.165, 1.54) is 23.8 Å². The lowest BCUT2D eigenvalue weighted by atomic mass is 10.3. The molecule has 2 heterocycles. The number of carbonyl (C=O) groups excluding carboxylic acids is 1. The maximum atomic E-state index is 11.8. The standard InChI is InChI=1S/C12H11N3O4S/c16-11(17)4-2-8-1-3-9(20-8)12(18)13-6-5-10-14-7-19-15-10/h1-4,7H,5-6H2,(H,13,18)(H,16,17)/b4-2+. The SMILES string of the molecule is O=C(O)/C=C/c1ccc(C(=O)NCCc2ncon2)s1. The lowest BCUT2D eigenvalue weighted by molar-refractivity contribution is -0.131. The number of nitrogens with zero attached hydrogens (tertiary/aromatic N) is 2. The van der Waals surface area contributed by atoms with Crippen molar-refractivity contribution in [3.63, 3.8) is 0 Å². The first kappa shape index (κ1) is 13.9. The summed E-state index contributed by atoms with van der Waals surface area (Å²) in [7, 11) is 0. The van der Waals surface area contributed by atoms with Gasteiger partial charge >= 0.3 is 5.97 Å². The van der Waals surface area contributed by atoms with Crippen molar-refractivity contribution in [2.45, 2.75) is 6.42 Å². The number of carboxylic acid groups (broad SMARTS) is 1. The highest BCUT2D eigenvalue weighted by Gasteiger charge is 2.08. The highest BCUT2D eigenvalue weighted by atomic mass is 32.1. The molecule has 0 atom stereocenters. The Kier molecular flexibility index (Phi) is 4.61. The zero-order valence-electron chi connectivity index (χ0n) is 10.3. The van der Waals surface area contributed by atoms with Gasteiger partial charge in [0.15, 0.2) is 5.82 Å². The molecule has 104 valence electrons. The molecule has 0 fully saturated rings. The van der Waals surface area contributed by atoms with Crippen LogP contribution in [-0.4, -0.2) is 33.7 Å². The Morgan fingerprint density at radius 3 is 3.00 bits per heavy atom. The summed E-state index contributed by atoms with van der Waals surface area (Å²) in [4.78, 5) is 27.3. The Labute approximate surface area is 117 Å². The third-order valence-corrected chi connectivity index (χ3v) is 3.33. The average molecular weight is 293 g/mol. The summed E-state index contributed by atoms with van der Waals surface area (Å²) in [5.41, 5.74) is 0. The van der Waals surface area contributed by atoms with Crippen molar-refractivity contribution in [3.05, 3.63) is 40.2 Å². The lowest BCUT2D eigenvalue weighted by Gasteiger charge is -2.00. The largest absolute Gasteiger partial charge is 0.478 e. The molecule has 2 rings (SSSR count). The van der Waals surface area contributed by atoms with E-state index < -0.39 is 5.97 Å². The molecule has 2 aromatic heterocycles. The Morgan fingerprint density at radius 2 is 2.30 bits per heavy atom. The third-order valence-electron chi connectivity index (χ3n) is 2.28. The molecule has 0 unspecified atom stereocenters. The molecule has 0 bridgehead atoms. The second-order valence-electron chi connectivity index (χ2n) is 3.73. The van der Waals surface area contributed by atoms with Crippen molar-refractivity contribution < 1.29 is 19.2 Å². The Bertz CT molecular complexity index is 618. The van der Waals surface area contributed by atoms with Crippen LogP contribution in [0.15, 0.2) is 29.1 Å². The minimum absolute atomic E-state index is 0.214. The van der Waals surface area contributed by atoms with Gasteiger partial charge in [-0.3, -0.25) is 4.79 Å². The number of thiophene rings is 1. The van der Waals surface area contributed by atoms with Crippen LogP contribution in [0.5, 0.6) is 0 Å². The molecular weight excluding hydrogens is 282 g/mol. The van der Waals surface area contributed by atoms with Crippen LogP contribution >= 0.6 is 11.3 Å². The number of aliphatic carboxylic acids is 1. The van der Waals surface area contributed by atoms with Gasteiger partial charge in [-0.2, -0.15) is 4.98 Å². The van der Waals surface area contributed by atoms with Gasteiger partial charge in [0.1, 0.15) is 0 Å². The van der Waals surface area contributed by atoms with E-state index in [4.69, 9.17) is 5.11 Å². The predicted octanol–water partition coefficient (Wildman–Crippen LogP) is 1.20. The van der Waals surface area contributed by atoms with Crippen molar-refractivity contribution in [1.82, 2.24) is 15.5 Å². The van der Waals surface area contributed by atoms with Crippen molar-refractivity contribution >= 4 is 29.3 Å². The Balaban J connectivity index is 1.84. The number of hydrogen-bond donors (Lipinski definition) is 2. The zero-order chi connectivity index (χ0) is 14.4. The van der Waals surface area contributed by atoms with Gasteiger partial charge in [-0.1, -0.05) is 5.16 Å². The van der Waals surface area contributed by atoms with E-state index in [1.807, 2.05) is 0 Å². The fourth-order valence-electron chi connectivity index (χ4n) is 1.40. The maximum absolute atomic E-state index is 11.8. The Morgan fingerprint density at radius 1 is 1.45 bits per heavy atom. The minimum Gasteiger partial charge on any atom is -0.478 e. The van der Waals surface area contributed by atoms with Crippen LogP contribution in [-0.2, 0) is 11.2 Å². The summed E-state index contributed by atoms with van der Waals surface area (Å²) < 4.78 is 4.58. The summed E-state index contributed by atoms with van der Waals surface area (Å²) in [5, 5.41) is 14.9. The highest BCUT2D eigenvalue weighted by Crippen LogP contribution is 2.17. The van der Waals surface area contributed by atoms with E-state index in [1.54, 1.807) is 12.1 Å². The molecule has 7 nitrogen and oxygen atoms in total.